The summed E-state index contributed by atoms with van der Waals surface area (Å²) in [6, 6.07) is 13.9. The third kappa shape index (κ3) is 5.59. The minimum absolute atomic E-state index is 0.427. The summed E-state index contributed by atoms with van der Waals surface area (Å²) in [6.07, 6.45) is 3.56. The summed E-state index contributed by atoms with van der Waals surface area (Å²) in [7, 11) is 0. The van der Waals surface area contributed by atoms with Gasteiger partial charge in [0.2, 0.25) is 11.9 Å². The molecule has 2 aliphatic rings. The zero-order valence-electron chi connectivity index (χ0n) is 25.0. The van der Waals surface area contributed by atoms with Gasteiger partial charge in [-0.05, 0) is 64.1 Å². The number of anilines is 2. The first-order chi connectivity index (χ1) is 21.2. The highest BCUT2D eigenvalue weighted by Crippen LogP contribution is 2.26. The van der Waals surface area contributed by atoms with Crippen molar-refractivity contribution in [3.63, 3.8) is 0 Å². The van der Waals surface area contributed by atoms with Crippen LogP contribution in [0.15, 0.2) is 57.7 Å². The van der Waals surface area contributed by atoms with E-state index >= 15 is 0 Å². The van der Waals surface area contributed by atoms with Crippen LogP contribution < -0.4 is 20.4 Å². The lowest BCUT2D eigenvalue weighted by Crippen LogP contribution is -2.54. The molecule has 6 heterocycles. The number of hydrogen-bond acceptors (Lipinski definition) is 10. The Hall–Kier alpha value is -3.46. The van der Waals surface area contributed by atoms with E-state index < -0.39 is 0 Å². The lowest BCUT2D eigenvalue weighted by atomic mass is 10.1. The molecule has 4 unspecified atom stereocenters. The first-order valence-corrected chi connectivity index (χ1v) is 16.4. The van der Waals surface area contributed by atoms with Crippen molar-refractivity contribution in [3.8, 4) is 0 Å². The quantitative estimate of drug-likeness (QED) is 0.266. The van der Waals surface area contributed by atoms with Crippen molar-refractivity contribution in [1.29, 1.82) is 0 Å². The second-order valence-corrected chi connectivity index (χ2v) is 13.7. The summed E-state index contributed by atoms with van der Waals surface area (Å²) in [4.78, 5) is 13.5. The van der Waals surface area contributed by atoms with Gasteiger partial charge in [-0.25, -0.2) is 0 Å². The number of rotatable bonds is 2. The molecule has 2 saturated heterocycles. The van der Waals surface area contributed by atoms with E-state index in [1.165, 1.54) is 0 Å². The van der Waals surface area contributed by atoms with Crippen LogP contribution in [0.1, 0.15) is 27.7 Å². The molecular formula is C30H34Br2N12. The summed E-state index contributed by atoms with van der Waals surface area (Å²) in [6.45, 7) is 12.5. The number of benzene rings is 2. The van der Waals surface area contributed by atoms with Crippen LogP contribution >= 0.6 is 31.9 Å². The second-order valence-electron chi connectivity index (χ2n) is 11.9. The van der Waals surface area contributed by atoms with Crippen LogP contribution in [0.25, 0.3) is 33.4 Å². The lowest BCUT2D eigenvalue weighted by molar-refractivity contribution is 0.403. The van der Waals surface area contributed by atoms with Gasteiger partial charge >= 0.3 is 0 Å². The minimum atomic E-state index is 0.427. The molecule has 12 nitrogen and oxygen atoms in total. The van der Waals surface area contributed by atoms with E-state index in [4.69, 9.17) is 0 Å². The third-order valence-electron chi connectivity index (χ3n) is 8.02. The summed E-state index contributed by atoms with van der Waals surface area (Å²) in [5, 5.41) is 24.5. The van der Waals surface area contributed by atoms with E-state index in [0.29, 0.717) is 24.2 Å². The van der Waals surface area contributed by atoms with Gasteiger partial charge in [0, 0.05) is 59.3 Å². The maximum Gasteiger partial charge on any atom is 0.232 e. The van der Waals surface area contributed by atoms with Crippen LogP contribution in [0.5, 0.6) is 0 Å². The van der Waals surface area contributed by atoms with E-state index in [1.807, 2.05) is 24.3 Å². The normalized spacial score (nSPS) is 22.6. The Morgan fingerprint density at radius 1 is 0.591 bits per heavy atom. The van der Waals surface area contributed by atoms with Crippen molar-refractivity contribution >= 4 is 77.1 Å². The van der Waals surface area contributed by atoms with Gasteiger partial charge < -0.3 is 20.4 Å². The summed E-state index contributed by atoms with van der Waals surface area (Å²) < 4.78 is 6.24. The summed E-state index contributed by atoms with van der Waals surface area (Å²) in [5.41, 5.74) is 5.47. The Labute approximate surface area is 271 Å². The highest BCUT2D eigenvalue weighted by Gasteiger charge is 2.26. The standard InChI is InChI=1S/2C15H17BrN6/c2*1-9-7-21(8-10(2)18-9)15-20-19-14-6-17-12-4-3-11(16)5-13(12)22(14)15/h2*3-6,9-10,18H,7-8H2,1-2H3. The maximum atomic E-state index is 4.46. The second kappa shape index (κ2) is 11.8. The predicted octanol–water partition coefficient (Wildman–Crippen LogP) is 4.45. The van der Waals surface area contributed by atoms with Gasteiger partial charge in [-0.1, -0.05) is 31.9 Å². The zero-order chi connectivity index (χ0) is 30.5. The van der Waals surface area contributed by atoms with Gasteiger partial charge in [-0.15, -0.1) is 20.4 Å². The zero-order valence-corrected chi connectivity index (χ0v) is 28.2. The Balaban J connectivity index is 0.000000142. The molecule has 4 atom stereocenters. The fourth-order valence-electron chi connectivity index (χ4n) is 6.42. The van der Waals surface area contributed by atoms with Crippen molar-refractivity contribution in [2.75, 3.05) is 36.0 Å². The molecule has 0 saturated carbocycles. The van der Waals surface area contributed by atoms with Gasteiger partial charge in [0.25, 0.3) is 0 Å². The minimum Gasteiger partial charge on any atom is -0.338 e. The molecule has 2 aromatic carbocycles. The molecule has 0 aliphatic carbocycles. The number of fused-ring (bicyclic) bond motifs is 6. The van der Waals surface area contributed by atoms with Crippen molar-refractivity contribution < 1.29 is 0 Å². The smallest absolute Gasteiger partial charge is 0.232 e. The molecule has 4 aromatic heterocycles. The molecule has 2 N–H and O–H groups in total. The third-order valence-corrected chi connectivity index (χ3v) is 9.00. The van der Waals surface area contributed by atoms with Crippen LogP contribution in [0.3, 0.4) is 0 Å². The Morgan fingerprint density at radius 2 is 0.977 bits per heavy atom. The van der Waals surface area contributed by atoms with E-state index in [-0.39, 0.29) is 0 Å². The van der Waals surface area contributed by atoms with Gasteiger partial charge in [-0.3, -0.25) is 18.8 Å². The molecule has 0 radical (unpaired) electrons. The van der Waals surface area contributed by atoms with E-state index in [2.05, 4.69) is 131 Å². The number of hydrogen-bond donors (Lipinski definition) is 2. The SMILES string of the molecule is CC1CN(c2nnc3cnc4ccc(Br)cc4n23)CC(C)N1.CC1CN(c2nnc3cnc4ccc(Br)cc4n23)CC(C)N1. The molecule has 2 fully saturated rings. The monoisotopic (exact) mass is 720 g/mol. The first kappa shape index (κ1) is 29.3. The Kier molecular flexibility index (Phi) is 7.85. The number of nitrogens with one attached hydrogen (secondary N) is 2. The highest BCUT2D eigenvalue weighted by atomic mass is 79.9. The molecule has 6 aromatic rings. The largest absolute Gasteiger partial charge is 0.338 e. The lowest BCUT2D eigenvalue weighted by Gasteiger charge is -2.36. The number of piperazine rings is 2. The molecule has 44 heavy (non-hydrogen) atoms. The van der Waals surface area contributed by atoms with Crippen LogP contribution in [-0.4, -0.2) is 89.5 Å². The van der Waals surface area contributed by atoms with E-state index in [0.717, 1.165) is 80.4 Å². The molecular weight excluding hydrogens is 688 g/mol. The molecule has 0 spiro atoms. The van der Waals surface area contributed by atoms with Gasteiger partial charge in [-0.2, -0.15) is 0 Å². The van der Waals surface area contributed by atoms with Crippen LogP contribution in [0, 0.1) is 0 Å². The number of halogens is 2. The number of aromatic nitrogens is 8. The Bertz CT molecular complexity index is 1810. The molecule has 14 heteroatoms. The van der Waals surface area contributed by atoms with Gasteiger partial charge in [0.1, 0.15) is 0 Å². The average Bonchev–Trinajstić information content (AvgIpc) is 3.62. The van der Waals surface area contributed by atoms with Crippen LogP contribution in [0.4, 0.5) is 11.9 Å². The Morgan fingerprint density at radius 3 is 1.36 bits per heavy atom. The maximum absolute atomic E-state index is 4.46. The van der Waals surface area contributed by atoms with Crippen molar-refractivity contribution in [1.82, 2.24) is 49.8 Å². The molecule has 0 amide bonds. The molecule has 2 aliphatic heterocycles. The number of nitrogens with zero attached hydrogens (tertiary/aromatic N) is 10. The van der Waals surface area contributed by atoms with Crippen molar-refractivity contribution in [3.05, 3.63) is 57.7 Å². The molecule has 0 bridgehead atoms. The summed E-state index contributed by atoms with van der Waals surface area (Å²) >= 11 is 7.08. The van der Waals surface area contributed by atoms with Gasteiger partial charge in [0.15, 0.2) is 11.3 Å². The predicted molar refractivity (Wildman–Crippen MR) is 181 cm³/mol. The molecule has 228 valence electrons. The van der Waals surface area contributed by atoms with Crippen LogP contribution in [0.2, 0.25) is 0 Å². The highest BCUT2D eigenvalue weighted by molar-refractivity contribution is 9.10. The van der Waals surface area contributed by atoms with E-state index in [9.17, 15) is 0 Å². The van der Waals surface area contributed by atoms with Crippen molar-refractivity contribution in [2.24, 2.45) is 0 Å². The van der Waals surface area contributed by atoms with Crippen molar-refractivity contribution in [2.45, 2.75) is 51.9 Å². The first-order valence-electron chi connectivity index (χ1n) is 14.8. The topological polar surface area (TPSA) is 117 Å². The average molecular weight is 722 g/mol. The van der Waals surface area contributed by atoms with Gasteiger partial charge in [0.05, 0.1) is 34.5 Å². The summed E-state index contributed by atoms with van der Waals surface area (Å²) in [5.74, 6) is 1.78. The van der Waals surface area contributed by atoms with Crippen LogP contribution in [-0.2, 0) is 0 Å². The fourth-order valence-corrected chi connectivity index (χ4v) is 7.12. The molecule has 8 rings (SSSR count). The fraction of sp³-hybridized carbons (Fsp3) is 0.400. The van der Waals surface area contributed by atoms with E-state index in [1.54, 1.807) is 12.4 Å².